The Morgan fingerprint density at radius 3 is 2.70 bits per heavy atom. The van der Waals surface area contributed by atoms with Gasteiger partial charge >= 0.3 is 0 Å². The van der Waals surface area contributed by atoms with Crippen molar-refractivity contribution in [2.45, 2.75) is 6.54 Å². The van der Waals surface area contributed by atoms with Crippen LogP contribution < -0.4 is 10.1 Å². The predicted molar refractivity (Wildman–Crippen MR) is 80.1 cm³/mol. The first kappa shape index (κ1) is 14.5. The molecule has 2 aromatic rings. The number of rotatable bonds is 5. The standard InChI is InChI=1S/C14H13BrN2O3/c1-16-9-10-4-2-3-5-13(10)20-14-8-11(17(18)19)6-7-12(14)15/h2-8,16H,9H2,1H3. The molecule has 2 aromatic carbocycles. The lowest BCUT2D eigenvalue weighted by Crippen LogP contribution is -2.06. The molecule has 0 bridgehead atoms. The minimum Gasteiger partial charge on any atom is -0.456 e. The second kappa shape index (κ2) is 6.49. The van der Waals surface area contributed by atoms with Crippen LogP contribution in [0.4, 0.5) is 5.69 Å². The van der Waals surface area contributed by atoms with E-state index in [-0.39, 0.29) is 5.69 Å². The topological polar surface area (TPSA) is 64.4 Å². The molecule has 0 unspecified atom stereocenters. The Morgan fingerprint density at radius 1 is 1.25 bits per heavy atom. The molecule has 0 atom stereocenters. The summed E-state index contributed by atoms with van der Waals surface area (Å²) in [7, 11) is 1.85. The maximum absolute atomic E-state index is 10.8. The van der Waals surface area contributed by atoms with Gasteiger partial charge in [-0.05, 0) is 35.1 Å². The van der Waals surface area contributed by atoms with Gasteiger partial charge in [0.05, 0.1) is 15.5 Å². The number of nitrogens with one attached hydrogen (secondary N) is 1. The highest BCUT2D eigenvalue weighted by atomic mass is 79.9. The van der Waals surface area contributed by atoms with Crippen LogP contribution in [0.25, 0.3) is 0 Å². The molecule has 0 aromatic heterocycles. The van der Waals surface area contributed by atoms with Gasteiger partial charge in [-0.2, -0.15) is 0 Å². The summed E-state index contributed by atoms with van der Waals surface area (Å²) < 4.78 is 6.46. The van der Waals surface area contributed by atoms with Crippen molar-refractivity contribution in [3.63, 3.8) is 0 Å². The van der Waals surface area contributed by atoms with Crippen molar-refractivity contribution in [3.05, 3.63) is 62.6 Å². The minimum atomic E-state index is -0.446. The lowest BCUT2D eigenvalue weighted by Gasteiger charge is -2.11. The Kier molecular flexibility index (Phi) is 4.70. The van der Waals surface area contributed by atoms with Crippen molar-refractivity contribution in [1.82, 2.24) is 5.32 Å². The summed E-state index contributed by atoms with van der Waals surface area (Å²) in [5.74, 6) is 1.09. The number of ether oxygens (including phenoxy) is 1. The van der Waals surface area contributed by atoms with Crippen LogP contribution >= 0.6 is 15.9 Å². The van der Waals surface area contributed by atoms with E-state index in [1.807, 2.05) is 31.3 Å². The molecule has 1 N–H and O–H groups in total. The van der Waals surface area contributed by atoms with E-state index in [0.717, 1.165) is 5.56 Å². The van der Waals surface area contributed by atoms with E-state index in [1.54, 1.807) is 6.07 Å². The van der Waals surface area contributed by atoms with Gasteiger partial charge in [0.15, 0.2) is 0 Å². The van der Waals surface area contributed by atoms with E-state index in [0.29, 0.717) is 22.5 Å². The van der Waals surface area contributed by atoms with Crippen LogP contribution in [0, 0.1) is 10.1 Å². The largest absolute Gasteiger partial charge is 0.456 e. The number of nitro benzene ring substituents is 1. The van der Waals surface area contributed by atoms with Crippen LogP contribution in [0.3, 0.4) is 0 Å². The molecule has 0 aliphatic heterocycles. The number of nitrogens with zero attached hydrogens (tertiary/aromatic N) is 1. The van der Waals surface area contributed by atoms with Crippen molar-refractivity contribution < 1.29 is 9.66 Å². The third-order valence-corrected chi connectivity index (χ3v) is 3.34. The van der Waals surface area contributed by atoms with Crippen molar-refractivity contribution in [2.24, 2.45) is 0 Å². The highest BCUT2D eigenvalue weighted by molar-refractivity contribution is 9.10. The van der Waals surface area contributed by atoms with Crippen LogP contribution in [0.15, 0.2) is 46.9 Å². The number of para-hydroxylation sites is 1. The van der Waals surface area contributed by atoms with Crippen LogP contribution in [0.2, 0.25) is 0 Å². The third kappa shape index (κ3) is 3.34. The summed E-state index contributed by atoms with van der Waals surface area (Å²) in [5.41, 5.74) is 0.975. The monoisotopic (exact) mass is 336 g/mol. The SMILES string of the molecule is CNCc1ccccc1Oc1cc([N+](=O)[O-])ccc1Br. The van der Waals surface area contributed by atoms with E-state index >= 15 is 0 Å². The van der Waals surface area contributed by atoms with Gasteiger partial charge in [-0.1, -0.05) is 18.2 Å². The highest BCUT2D eigenvalue weighted by Gasteiger charge is 2.12. The first-order valence-corrected chi connectivity index (χ1v) is 6.75. The Labute approximate surface area is 124 Å². The number of nitro groups is 1. The van der Waals surface area contributed by atoms with Gasteiger partial charge in [0.1, 0.15) is 11.5 Å². The second-order valence-electron chi connectivity index (χ2n) is 4.11. The number of hydrogen-bond acceptors (Lipinski definition) is 4. The average Bonchev–Trinajstić information content (AvgIpc) is 2.43. The van der Waals surface area contributed by atoms with Crippen LogP contribution in [-0.4, -0.2) is 12.0 Å². The molecule has 20 heavy (non-hydrogen) atoms. The van der Waals surface area contributed by atoms with E-state index < -0.39 is 4.92 Å². The molecule has 0 saturated heterocycles. The zero-order chi connectivity index (χ0) is 14.5. The number of halogens is 1. The third-order valence-electron chi connectivity index (χ3n) is 2.69. The van der Waals surface area contributed by atoms with E-state index in [9.17, 15) is 10.1 Å². The number of non-ortho nitro benzene ring substituents is 1. The molecular weight excluding hydrogens is 324 g/mol. The fraction of sp³-hybridized carbons (Fsp3) is 0.143. The number of hydrogen-bond donors (Lipinski definition) is 1. The minimum absolute atomic E-state index is 0.00528. The van der Waals surface area contributed by atoms with Gasteiger partial charge < -0.3 is 10.1 Å². The molecule has 0 heterocycles. The molecule has 6 heteroatoms. The van der Waals surface area contributed by atoms with Gasteiger partial charge in [0.2, 0.25) is 0 Å². The Morgan fingerprint density at radius 2 is 2.00 bits per heavy atom. The molecule has 0 radical (unpaired) electrons. The Hall–Kier alpha value is -1.92. The van der Waals surface area contributed by atoms with Gasteiger partial charge in [0, 0.05) is 18.2 Å². The molecule has 0 amide bonds. The maximum Gasteiger partial charge on any atom is 0.273 e. The van der Waals surface area contributed by atoms with Gasteiger partial charge in [-0.15, -0.1) is 0 Å². The predicted octanol–water partition coefficient (Wildman–Crippen LogP) is 3.87. The molecule has 2 rings (SSSR count). The van der Waals surface area contributed by atoms with E-state index in [4.69, 9.17) is 4.74 Å². The summed E-state index contributed by atoms with van der Waals surface area (Å²) in [4.78, 5) is 10.4. The number of benzene rings is 2. The molecule has 0 spiro atoms. The molecule has 0 aliphatic rings. The van der Waals surface area contributed by atoms with Gasteiger partial charge in [-0.25, -0.2) is 0 Å². The molecule has 104 valence electrons. The lowest BCUT2D eigenvalue weighted by atomic mass is 10.2. The fourth-order valence-electron chi connectivity index (χ4n) is 1.74. The molecular formula is C14H13BrN2O3. The van der Waals surface area contributed by atoms with Crippen molar-refractivity contribution in [1.29, 1.82) is 0 Å². The van der Waals surface area contributed by atoms with Crippen molar-refractivity contribution >= 4 is 21.6 Å². The first-order valence-electron chi connectivity index (χ1n) is 5.96. The molecule has 5 nitrogen and oxygen atoms in total. The molecule has 0 saturated carbocycles. The molecule has 0 fully saturated rings. The lowest BCUT2D eigenvalue weighted by molar-refractivity contribution is -0.384. The fourth-order valence-corrected chi connectivity index (χ4v) is 2.07. The summed E-state index contributed by atoms with van der Waals surface area (Å²) in [6, 6.07) is 12.0. The van der Waals surface area contributed by atoms with E-state index in [2.05, 4.69) is 21.2 Å². The normalized spacial score (nSPS) is 10.3. The van der Waals surface area contributed by atoms with Gasteiger partial charge in [0.25, 0.3) is 5.69 Å². The average molecular weight is 337 g/mol. The summed E-state index contributed by atoms with van der Waals surface area (Å²) in [6.45, 7) is 0.655. The summed E-state index contributed by atoms with van der Waals surface area (Å²) in [5, 5.41) is 13.9. The van der Waals surface area contributed by atoms with E-state index in [1.165, 1.54) is 12.1 Å². The Balaban J connectivity index is 2.34. The zero-order valence-corrected chi connectivity index (χ0v) is 12.4. The summed E-state index contributed by atoms with van der Waals surface area (Å²) in [6.07, 6.45) is 0. The smallest absolute Gasteiger partial charge is 0.273 e. The Bertz CT molecular complexity index is 632. The molecule has 0 aliphatic carbocycles. The first-order chi connectivity index (χ1) is 9.61. The van der Waals surface area contributed by atoms with Crippen molar-refractivity contribution in [2.75, 3.05) is 7.05 Å². The quantitative estimate of drug-likeness (QED) is 0.664. The van der Waals surface area contributed by atoms with Crippen molar-refractivity contribution in [3.8, 4) is 11.5 Å². The highest BCUT2D eigenvalue weighted by Crippen LogP contribution is 2.34. The van der Waals surface area contributed by atoms with Crippen LogP contribution in [-0.2, 0) is 6.54 Å². The van der Waals surface area contributed by atoms with Crippen LogP contribution in [0.5, 0.6) is 11.5 Å². The van der Waals surface area contributed by atoms with Gasteiger partial charge in [-0.3, -0.25) is 10.1 Å². The summed E-state index contributed by atoms with van der Waals surface area (Å²) >= 11 is 3.34. The zero-order valence-electron chi connectivity index (χ0n) is 10.8. The maximum atomic E-state index is 10.8. The second-order valence-corrected chi connectivity index (χ2v) is 4.97. The van der Waals surface area contributed by atoms with Crippen LogP contribution in [0.1, 0.15) is 5.56 Å².